The first-order chi connectivity index (χ1) is 15.2. The van der Waals surface area contributed by atoms with Crippen LogP contribution in [-0.2, 0) is 16.3 Å². The number of terminal acetylenes is 1. The summed E-state index contributed by atoms with van der Waals surface area (Å²) in [5.41, 5.74) is 5.49. The summed E-state index contributed by atoms with van der Waals surface area (Å²) in [4.78, 5) is 13.9. The van der Waals surface area contributed by atoms with Gasteiger partial charge >= 0.3 is 6.03 Å². The first kappa shape index (κ1) is 27.1. The Bertz CT molecular complexity index is 1030. The fourth-order valence-corrected chi connectivity index (χ4v) is 4.76. The Morgan fingerprint density at radius 2 is 1.76 bits per heavy atom. The van der Waals surface area contributed by atoms with E-state index in [-0.39, 0.29) is 23.2 Å². The van der Waals surface area contributed by atoms with Gasteiger partial charge in [0.05, 0.1) is 0 Å². The fraction of sp³-hybridized carbons (Fsp3) is 0.536. The number of nitrogens with two attached hydrogens (primary N) is 1. The molecule has 180 valence electrons. The van der Waals surface area contributed by atoms with Gasteiger partial charge in [0.25, 0.3) is 0 Å². The molecule has 2 atom stereocenters. The molecular weight excluding hydrogens is 426 g/mol. The van der Waals surface area contributed by atoms with Crippen LogP contribution in [0.15, 0.2) is 50.4 Å². The summed E-state index contributed by atoms with van der Waals surface area (Å²) < 4.78 is 4.35. The van der Waals surface area contributed by atoms with Crippen LogP contribution in [-0.4, -0.2) is 6.03 Å². The molecule has 33 heavy (non-hydrogen) atoms. The molecule has 1 unspecified atom stereocenters. The van der Waals surface area contributed by atoms with Crippen molar-refractivity contribution in [1.29, 1.82) is 0 Å². The largest absolute Gasteiger partial charge is 0.352 e. The summed E-state index contributed by atoms with van der Waals surface area (Å²) in [6.45, 7) is 19.4. The van der Waals surface area contributed by atoms with Crippen LogP contribution in [0.1, 0.15) is 85.8 Å². The lowest BCUT2D eigenvalue weighted by Crippen LogP contribution is -2.29. The highest BCUT2D eigenvalue weighted by Gasteiger charge is 2.26. The van der Waals surface area contributed by atoms with Crippen molar-refractivity contribution < 1.29 is 4.79 Å². The number of allylic oxidation sites excluding steroid dienone is 3. The average molecular weight is 468 g/mol. The quantitative estimate of drug-likeness (QED) is 0.458. The predicted octanol–water partition coefficient (Wildman–Crippen LogP) is 7.00. The number of benzene rings is 1. The van der Waals surface area contributed by atoms with E-state index in [1.54, 1.807) is 0 Å². The Balaban J connectivity index is 2.44. The van der Waals surface area contributed by atoms with Crippen LogP contribution in [0, 0.1) is 30.1 Å². The second-order valence-electron chi connectivity index (χ2n) is 10.8. The monoisotopic (exact) mass is 467 g/mol. The Hall–Kier alpha value is -2.16. The number of nitrogens with one attached hydrogen (secondary N) is 1. The van der Waals surface area contributed by atoms with Gasteiger partial charge in [0.1, 0.15) is 0 Å². The smallest absolute Gasteiger partial charge is 0.305 e. The van der Waals surface area contributed by atoms with Crippen molar-refractivity contribution >= 4 is 16.9 Å². The van der Waals surface area contributed by atoms with Crippen molar-refractivity contribution in [2.45, 2.75) is 85.0 Å². The van der Waals surface area contributed by atoms with Gasteiger partial charge in [0.2, 0.25) is 0 Å². The van der Waals surface area contributed by atoms with Gasteiger partial charge in [-0.3, -0.25) is 5.14 Å². The van der Waals surface area contributed by atoms with Crippen molar-refractivity contribution in [2.75, 3.05) is 0 Å². The molecule has 0 saturated carbocycles. The van der Waals surface area contributed by atoms with Crippen molar-refractivity contribution in [2.24, 2.45) is 27.3 Å². The van der Waals surface area contributed by atoms with E-state index < -0.39 is 16.9 Å². The summed E-state index contributed by atoms with van der Waals surface area (Å²) >= 11 is 0. The van der Waals surface area contributed by atoms with Gasteiger partial charge in [0, 0.05) is 27.4 Å². The number of nitrogens with zero attached hydrogens (tertiary/aromatic N) is 1. The Morgan fingerprint density at radius 1 is 1.12 bits per heavy atom. The van der Waals surface area contributed by atoms with Crippen LogP contribution in [0.2, 0.25) is 0 Å². The molecule has 1 aliphatic rings. The van der Waals surface area contributed by atoms with E-state index in [4.69, 9.17) is 11.6 Å². The predicted molar refractivity (Wildman–Crippen MR) is 142 cm³/mol. The first-order valence-corrected chi connectivity index (χ1v) is 13.1. The average Bonchev–Trinajstić information content (AvgIpc) is 2.72. The van der Waals surface area contributed by atoms with Gasteiger partial charge in [0.15, 0.2) is 0 Å². The zero-order valence-corrected chi connectivity index (χ0v) is 22.6. The second kappa shape index (κ2) is 10.8. The van der Waals surface area contributed by atoms with E-state index in [2.05, 4.69) is 102 Å². The number of carbonyl (C=O) groups is 1. The van der Waals surface area contributed by atoms with E-state index in [0.29, 0.717) is 5.92 Å². The maximum atomic E-state index is 13.0. The minimum Gasteiger partial charge on any atom is -0.305 e. The molecule has 0 aromatic heterocycles. The number of hydrogen-bond donors (Lipinski definition) is 2. The third kappa shape index (κ3) is 6.91. The number of urea groups is 1. The standard InChI is InChI=1S/C28H41N3OS/c1-11-20-12-24(18(4)5)26(25(13-20)19(6)7)30-27(32)31-33(29)23-15-21(17(2)3)14-22(16-23)28(8,9)10/h1,12,14-20H,13H2,2-10H3,(H3,29,30,31,32)/t20?,33-/m0/s1. The molecule has 0 bridgehead atoms. The van der Waals surface area contributed by atoms with Crippen LogP contribution >= 0.6 is 0 Å². The van der Waals surface area contributed by atoms with Crippen molar-refractivity contribution in [1.82, 2.24) is 5.32 Å². The summed E-state index contributed by atoms with van der Waals surface area (Å²) in [6, 6.07) is 5.99. The van der Waals surface area contributed by atoms with Gasteiger partial charge in [-0.25, -0.2) is 4.79 Å². The minimum atomic E-state index is -1.05. The molecule has 3 N–H and O–H groups in total. The van der Waals surface area contributed by atoms with E-state index in [9.17, 15) is 4.79 Å². The summed E-state index contributed by atoms with van der Waals surface area (Å²) in [5, 5.41) is 9.53. The fourth-order valence-electron chi connectivity index (χ4n) is 3.93. The van der Waals surface area contributed by atoms with Crippen molar-refractivity contribution in [3.05, 3.63) is 52.2 Å². The van der Waals surface area contributed by atoms with E-state index in [1.807, 2.05) is 0 Å². The highest BCUT2D eigenvalue weighted by atomic mass is 32.2. The molecule has 1 aromatic carbocycles. The molecule has 0 saturated heterocycles. The third-order valence-corrected chi connectivity index (χ3v) is 7.16. The highest BCUT2D eigenvalue weighted by Crippen LogP contribution is 2.35. The number of rotatable bonds is 5. The van der Waals surface area contributed by atoms with Crippen LogP contribution in [0.4, 0.5) is 4.79 Å². The molecule has 0 heterocycles. The van der Waals surface area contributed by atoms with Gasteiger partial charge < -0.3 is 5.32 Å². The number of hydrogen-bond acceptors (Lipinski definition) is 1. The zero-order chi connectivity index (χ0) is 25.1. The molecule has 1 aromatic rings. The first-order valence-electron chi connectivity index (χ1n) is 11.8. The van der Waals surface area contributed by atoms with E-state index in [0.717, 1.165) is 22.6 Å². The lowest BCUT2D eigenvalue weighted by molar-refractivity contribution is 0.251. The van der Waals surface area contributed by atoms with Crippen LogP contribution in [0.3, 0.4) is 0 Å². The Labute approximate surface area is 203 Å². The van der Waals surface area contributed by atoms with Crippen molar-refractivity contribution in [3.8, 4) is 12.3 Å². The molecule has 1 aliphatic carbocycles. The third-order valence-electron chi connectivity index (χ3n) is 6.08. The molecule has 0 radical (unpaired) electrons. The second-order valence-corrected chi connectivity index (χ2v) is 12.1. The molecule has 2 rings (SSSR count). The van der Waals surface area contributed by atoms with E-state index in [1.165, 1.54) is 16.7 Å². The van der Waals surface area contributed by atoms with Gasteiger partial charge in [-0.2, -0.15) is 4.36 Å². The molecule has 4 nitrogen and oxygen atoms in total. The summed E-state index contributed by atoms with van der Waals surface area (Å²) in [6.07, 6.45) is 8.60. The normalized spacial score (nSPS) is 18.1. The molecule has 0 fully saturated rings. The van der Waals surface area contributed by atoms with E-state index >= 15 is 0 Å². The lowest BCUT2D eigenvalue weighted by atomic mass is 9.80. The SMILES string of the molecule is C#CC1C=C(C(C)C)C(NC(=O)N=[S@](N)c2cc(C(C)C)cc(C(C)(C)C)c2)=C(C(C)C)C1. The number of carbonyl (C=O) groups excluding carboxylic acids is 1. The molecular formula is C28H41N3OS. The molecule has 5 heteroatoms. The lowest BCUT2D eigenvalue weighted by Gasteiger charge is -2.29. The van der Waals surface area contributed by atoms with Crippen LogP contribution < -0.4 is 10.5 Å². The summed E-state index contributed by atoms with van der Waals surface area (Å²) in [7, 11) is -1.05. The van der Waals surface area contributed by atoms with Crippen LogP contribution in [0.5, 0.6) is 0 Å². The maximum absolute atomic E-state index is 13.0. The van der Waals surface area contributed by atoms with Gasteiger partial charge in [-0.1, -0.05) is 80.4 Å². The zero-order valence-electron chi connectivity index (χ0n) is 21.7. The van der Waals surface area contributed by atoms with Crippen LogP contribution in [0.25, 0.3) is 0 Å². The Morgan fingerprint density at radius 3 is 2.24 bits per heavy atom. The van der Waals surface area contributed by atoms with Gasteiger partial charge in [-0.15, -0.1) is 6.42 Å². The topological polar surface area (TPSA) is 67.5 Å². The van der Waals surface area contributed by atoms with Crippen molar-refractivity contribution in [3.63, 3.8) is 0 Å². The Kier molecular flexibility index (Phi) is 8.90. The molecule has 2 amide bonds. The number of amides is 2. The minimum absolute atomic E-state index is 0.0181. The maximum Gasteiger partial charge on any atom is 0.352 e. The molecule has 0 aliphatic heterocycles. The van der Waals surface area contributed by atoms with Gasteiger partial charge in [-0.05, 0) is 64.0 Å². The molecule has 0 spiro atoms. The summed E-state index contributed by atoms with van der Waals surface area (Å²) in [5.74, 6) is 3.79. The highest BCUT2D eigenvalue weighted by molar-refractivity contribution is 7.85.